The Labute approximate surface area is 175 Å². The maximum atomic E-state index is 12.5. The van der Waals surface area contributed by atoms with Gasteiger partial charge >= 0.3 is 0 Å². The zero-order valence-corrected chi connectivity index (χ0v) is 17.6. The molecular formula is C23H24ClN3O2. The van der Waals surface area contributed by atoms with Crippen LogP contribution in [0.1, 0.15) is 56.7 Å². The van der Waals surface area contributed by atoms with Gasteiger partial charge in [0, 0.05) is 23.6 Å². The van der Waals surface area contributed by atoms with Crippen LogP contribution in [0.15, 0.2) is 53.1 Å². The molecule has 1 unspecified atom stereocenters. The lowest BCUT2D eigenvalue weighted by molar-refractivity contribution is -0.129. The number of benzene rings is 2. The summed E-state index contributed by atoms with van der Waals surface area (Å²) in [4.78, 5) is 18.9. The van der Waals surface area contributed by atoms with Gasteiger partial charge in [0.1, 0.15) is 6.04 Å². The first-order valence-corrected chi connectivity index (χ1v) is 10.2. The minimum absolute atomic E-state index is 0.102. The first-order valence-electron chi connectivity index (χ1n) is 9.80. The van der Waals surface area contributed by atoms with Gasteiger partial charge in [-0.1, -0.05) is 73.9 Å². The van der Waals surface area contributed by atoms with Gasteiger partial charge in [0.2, 0.25) is 17.6 Å². The SMILES string of the molecule is CC(C)(C)c1ccc(CN2C(=O)CCC2c2nc(-c3cccc(Cl)c3)no2)cc1. The van der Waals surface area contributed by atoms with E-state index in [1.807, 2.05) is 17.0 Å². The van der Waals surface area contributed by atoms with Crippen LogP contribution in [-0.2, 0) is 16.8 Å². The number of carbonyl (C=O) groups is 1. The van der Waals surface area contributed by atoms with Gasteiger partial charge in [-0.05, 0) is 35.1 Å². The molecule has 0 bridgehead atoms. The largest absolute Gasteiger partial charge is 0.337 e. The highest BCUT2D eigenvalue weighted by atomic mass is 35.5. The lowest BCUT2D eigenvalue weighted by atomic mass is 9.87. The van der Waals surface area contributed by atoms with Gasteiger partial charge in [0.05, 0.1) is 0 Å². The van der Waals surface area contributed by atoms with Crippen molar-refractivity contribution >= 4 is 17.5 Å². The van der Waals surface area contributed by atoms with Gasteiger partial charge in [-0.25, -0.2) is 0 Å². The van der Waals surface area contributed by atoms with Crippen LogP contribution in [0.5, 0.6) is 0 Å². The van der Waals surface area contributed by atoms with Crippen molar-refractivity contribution in [3.63, 3.8) is 0 Å². The summed E-state index contributed by atoms with van der Waals surface area (Å²) in [5.41, 5.74) is 3.26. The maximum Gasteiger partial charge on any atom is 0.249 e. The number of aromatic nitrogens is 2. The van der Waals surface area contributed by atoms with Crippen molar-refractivity contribution < 1.29 is 9.32 Å². The molecule has 1 saturated heterocycles. The summed E-state index contributed by atoms with van der Waals surface area (Å²) in [7, 11) is 0. The third-order valence-corrected chi connectivity index (χ3v) is 5.55. The van der Waals surface area contributed by atoms with Gasteiger partial charge in [-0.15, -0.1) is 0 Å². The second-order valence-corrected chi connectivity index (χ2v) is 8.93. The Bertz CT molecular complexity index is 1020. The highest BCUT2D eigenvalue weighted by molar-refractivity contribution is 6.30. The fourth-order valence-electron chi connectivity index (χ4n) is 3.61. The molecule has 0 saturated carbocycles. The zero-order chi connectivity index (χ0) is 20.6. The van der Waals surface area contributed by atoms with Gasteiger partial charge < -0.3 is 9.42 Å². The minimum atomic E-state index is -0.203. The topological polar surface area (TPSA) is 59.2 Å². The predicted molar refractivity (Wildman–Crippen MR) is 112 cm³/mol. The second-order valence-electron chi connectivity index (χ2n) is 8.49. The molecule has 0 radical (unpaired) electrons. The molecule has 0 N–H and O–H groups in total. The molecule has 0 aliphatic carbocycles. The highest BCUT2D eigenvalue weighted by Crippen LogP contribution is 2.34. The number of hydrogen-bond donors (Lipinski definition) is 0. The van der Waals surface area contributed by atoms with Crippen molar-refractivity contribution in [3.05, 3.63) is 70.6 Å². The average molecular weight is 410 g/mol. The molecule has 1 aromatic heterocycles. The Morgan fingerprint density at radius 2 is 1.93 bits per heavy atom. The van der Waals surface area contributed by atoms with Crippen LogP contribution in [0.2, 0.25) is 5.02 Å². The molecule has 3 aromatic rings. The third kappa shape index (κ3) is 4.20. The summed E-state index contributed by atoms with van der Waals surface area (Å²) in [6, 6.07) is 15.6. The lowest BCUT2D eigenvalue weighted by Crippen LogP contribution is -2.27. The molecule has 1 atom stereocenters. The summed E-state index contributed by atoms with van der Waals surface area (Å²) in [6.45, 7) is 7.10. The van der Waals surface area contributed by atoms with E-state index in [9.17, 15) is 4.79 Å². The van der Waals surface area contributed by atoms with E-state index >= 15 is 0 Å². The van der Waals surface area contributed by atoms with Crippen molar-refractivity contribution in [2.75, 3.05) is 0 Å². The van der Waals surface area contributed by atoms with Crippen molar-refractivity contribution in [2.24, 2.45) is 0 Å². The van der Waals surface area contributed by atoms with Gasteiger partial charge in [-0.2, -0.15) is 4.98 Å². The van der Waals surface area contributed by atoms with Gasteiger partial charge in [-0.3, -0.25) is 4.79 Å². The van der Waals surface area contributed by atoms with E-state index in [2.05, 4.69) is 55.2 Å². The fourth-order valence-corrected chi connectivity index (χ4v) is 3.80. The van der Waals surface area contributed by atoms with E-state index in [1.54, 1.807) is 12.1 Å². The number of likely N-dealkylation sites (tertiary alicyclic amines) is 1. The molecule has 150 valence electrons. The number of hydrogen-bond acceptors (Lipinski definition) is 4. The van der Waals surface area contributed by atoms with Crippen molar-refractivity contribution in [3.8, 4) is 11.4 Å². The number of halogens is 1. The smallest absolute Gasteiger partial charge is 0.249 e. The normalized spacial score (nSPS) is 17.2. The van der Waals surface area contributed by atoms with Crippen molar-refractivity contribution in [2.45, 2.75) is 51.6 Å². The quantitative estimate of drug-likeness (QED) is 0.566. The van der Waals surface area contributed by atoms with Gasteiger partial charge in [0.15, 0.2) is 0 Å². The molecule has 1 aliphatic rings. The number of carbonyl (C=O) groups excluding carboxylic acids is 1. The van der Waals surface area contributed by atoms with Crippen LogP contribution in [0.3, 0.4) is 0 Å². The Balaban J connectivity index is 1.54. The van der Waals surface area contributed by atoms with E-state index in [1.165, 1.54) is 5.56 Å². The van der Waals surface area contributed by atoms with Crippen LogP contribution in [0, 0.1) is 0 Å². The molecule has 2 heterocycles. The Morgan fingerprint density at radius 1 is 1.17 bits per heavy atom. The molecule has 29 heavy (non-hydrogen) atoms. The molecule has 1 aliphatic heterocycles. The fraction of sp³-hybridized carbons (Fsp3) is 0.348. The molecule has 4 rings (SSSR count). The Kier molecular flexibility index (Phi) is 5.17. The molecule has 5 nitrogen and oxygen atoms in total. The van der Waals surface area contributed by atoms with E-state index in [-0.39, 0.29) is 17.4 Å². The molecule has 2 aromatic carbocycles. The molecular weight excluding hydrogens is 386 g/mol. The van der Waals surface area contributed by atoms with Crippen LogP contribution in [-0.4, -0.2) is 20.9 Å². The van der Waals surface area contributed by atoms with E-state index in [0.29, 0.717) is 36.1 Å². The van der Waals surface area contributed by atoms with Crippen LogP contribution in [0.4, 0.5) is 0 Å². The van der Waals surface area contributed by atoms with Crippen molar-refractivity contribution in [1.82, 2.24) is 15.0 Å². The minimum Gasteiger partial charge on any atom is -0.337 e. The zero-order valence-electron chi connectivity index (χ0n) is 16.9. The highest BCUT2D eigenvalue weighted by Gasteiger charge is 2.36. The third-order valence-electron chi connectivity index (χ3n) is 5.31. The van der Waals surface area contributed by atoms with Crippen LogP contribution in [0.25, 0.3) is 11.4 Å². The summed E-state index contributed by atoms with van der Waals surface area (Å²) >= 11 is 6.06. The summed E-state index contributed by atoms with van der Waals surface area (Å²) in [6.07, 6.45) is 1.16. The molecule has 6 heteroatoms. The van der Waals surface area contributed by atoms with E-state index in [4.69, 9.17) is 16.1 Å². The predicted octanol–water partition coefficient (Wildman–Crippen LogP) is 5.55. The van der Waals surface area contributed by atoms with Gasteiger partial charge in [0.25, 0.3) is 0 Å². The molecule has 1 fully saturated rings. The van der Waals surface area contributed by atoms with Crippen LogP contribution < -0.4 is 0 Å². The molecule has 0 spiro atoms. The number of nitrogens with zero attached hydrogens (tertiary/aromatic N) is 3. The standard InChI is InChI=1S/C23H24ClN3O2/c1-23(2,3)17-9-7-15(8-10-17)14-27-19(11-12-20(27)28)22-25-21(26-29-22)16-5-4-6-18(24)13-16/h4-10,13,19H,11-12,14H2,1-3H3. The Hall–Kier alpha value is -2.66. The summed E-state index contributed by atoms with van der Waals surface area (Å²) in [5.74, 6) is 1.06. The van der Waals surface area contributed by atoms with E-state index in [0.717, 1.165) is 11.1 Å². The monoisotopic (exact) mass is 409 g/mol. The summed E-state index contributed by atoms with van der Waals surface area (Å²) < 4.78 is 5.52. The number of rotatable bonds is 4. The summed E-state index contributed by atoms with van der Waals surface area (Å²) in [5, 5.41) is 4.71. The first-order chi connectivity index (χ1) is 13.8. The second kappa shape index (κ2) is 7.64. The van der Waals surface area contributed by atoms with Crippen molar-refractivity contribution in [1.29, 1.82) is 0 Å². The van der Waals surface area contributed by atoms with E-state index < -0.39 is 0 Å². The van der Waals surface area contributed by atoms with Crippen LogP contribution >= 0.6 is 11.6 Å². The maximum absolute atomic E-state index is 12.5. The Morgan fingerprint density at radius 3 is 2.62 bits per heavy atom. The number of amides is 1. The average Bonchev–Trinajstić information content (AvgIpc) is 3.29. The lowest BCUT2D eigenvalue weighted by Gasteiger charge is -2.23. The first kappa shape index (κ1) is 19.6. The molecule has 1 amide bonds.